The van der Waals surface area contributed by atoms with Crippen LogP contribution in [0.5, 0.6) is 0 Å². The molecule has 3 rings (SSSR count). The van der Waals surface area contributed by atoms with E-state index in [0.29, 0.717) is 5.91 Å². The highest BCUT2D eigenvalue weighted by Gasteiger charge is 2.31. The van der Waals surface area contributed by atoms with E-state index >= 15 is 0 Å². The first-order valence-electron chi connectivity index (χ1n) is 8.63. The Kier molecular flexibility index (Phi) is 5.28. The summed E-state index contributed by atoms with van der Waals surface area (Å²) in [5.41, 5.74) is 7.05. The molecule has 5 heteroatoms. The highest BCUT2D eigenvalue weighted by molar-refractivity contribution is 5.79. The Morgan fingerprint density at radius 1 is 1.13 bits per heavy atom. The second-order valence-corrected chi connectivity index (χ2v) is 6.85. The maximum atomic E-state index is 13.0. The van der Waals surface area contributed by atoms with Gasteiger partial charge in [-0.2, -0.15) is 0 Å². The lowest BCUT2D eigenvalue weighted by Gasteiger charge is -2.24. The summed E-state index contributed by atoms with van der Waals surface area (Å²) in [6.45, 7) is 4.29. The zero-order chi connectivity index (χ0) is 16.2. The van der Waals surface area contributed by atoms with E-state index in [1.54, 1.807) is 0 Å². The molecular weight excluding hydrogens is 293 g/mol. The van der Waals surface area contributed by atoms with Gasteiger partial charge in [0.15, 0.2) is 0 Å². The molecule has 0 bridgehead atoms. The lowest BCUT2D eigenvalue weighted by molar-refractivity contribution is -0.135. The van der Waals surface area contributed by atoms with Crippen molar-refractivity contribution in [1.29, 1.82) is 0 Å². The summed E-state index contributed by atoms with van der Waals surface area (Å²) in [4.78, 5) is 17.0. The number of hydrogen-bond donors (Lipinski definition) is 1. The summed E-state index contributed by atoms with van der Waals surface area (Å²) in [7, 11) is 0. The Hall–Kier alpha value is -1.46. The van der Waals surface area contributed by atoms with E-state index in [1.807, 2.05) is 17.0 Å². The first kappa shape index (κ1) is 16.4. The van der Waals surface area contributed by atoms with Gasteiger partial charge in [0.2, 0.25) is 5.91 Å². The van der Waals surface area contributed by atoms with Crippen molar-refractivity contribution in [3.05, 3.63) is 35.6 Å². The monoisotopic (exact) mass is 319 g/mol. The summed E-state index contributed by atoms with van der Waals surface area (Å²) in [6, 6.07) is 6.89. The van der Waals surface area contributed by atoms with Gasteiger partial charge >= 0.3 is 0 Å². The van der Waals surface area contributed by atoms with Crippen molar-refractivity contribution in [3.63, 3.8) is 0 Å². The third kappa shape index (κ3) is 4.30. The van der Waals surface area contributed by atoms with Crippen LogP contribution in [0.2, 0.25) is 0 Å². The highest BCUT2D eigenvalue weighted by Crippen LogP contribution is 2.26. The Bertz CT molecular complexity index is 534. The maximum Gasteiger partial charge on any atom is 0.225 e. The number of halogens is 1. The molecule has 1 saturated carbocycles. The number of nitrogens with two attached hydrogens (primary N) is 1. The zero-order valence-electron chi connectivity index (χ0n) is 13.6. The van der Waals surface area contributed by atoms with Crippen LogP contribution in [0.1, 0.15) is 31.2 Å². The Morgan fingerprint density at radius 3 is 2.61 bits per heavy atom. The predicted molar refractivity (Wildman–Crippen MR) is 88.2 cm³/mol. The standard InChI is InChI=1S/C18H26FN3O/c19-16-5-2-14(3-6-16)13-21-8-1-9-22(11-10-21)18(23)15-4-7-17(20)12-15/h2-3,5-6,15,17H,1,4,7-13,20H2. The van der Waals surface area contributed by atoms with Crippen LogP contribution in [0.3, 0.4) is 0 Å². The van der Waals surface area contributed by atoms with E-state index in [4.69, 9.17) is 5.73 Å². The van der Waals surface area contributed by atoms with E-state index in [9.17, 15) is 9.18 Å². The van der Waals surface area contributed by atoms with Gasteiger partial charge in [0.05, 0.1) is 0 Å². The van der Waals surface area contributed by atoms with Gasteiger partial charge in [0.25, 0.3) is 0 Å². The molecule has 1 aromatic rings. The number of rotatable bonds is 3. The van der Waals surface area contributed by atoms with Gasteiger partial charge in [-0.1, -0.05) is 12.1 Å². The lowest BCUT2D eigenvalue weighted by Crippen LogP contribution is -2.38. The van der Waals surface area contributed by atoms with Crippen molar-refractivity contribution in [3.8, 4) is 0 Å². The largest absolute Gasteiger partial charge is 0.341 e. The van der Waals surface area contributed by atoms with Crippen molar-refractivity contribution in [2.24, 2.45) is 11.7 Å². The van der Waals surface area contributed by atoms with E-state index < -0.39 is 0 Å². The molecule has 0 spiro atoms. The van der Waals surface area contributed by atoms with Crippen LogP contribution in [-0.4, -0.2) is 47.9 Å². The van der Waals surface area contributed by atoms with E-state index in [0.717, 1.165) is 64.0 Å². The smallest absolute Gasteiger partial charge is 0.225 e. The van der Waals surface area contributed by atoms with Crippen LogP contribution >= 0.6 is 0 Å². The van der Waals surface area contributed by atoms with Crippen molar-refractivity contribution >= 4 is 5.91 Å². The third-order valence-electron chi connectivity index (χ3n) is 5.04. The van der Waals surface area contributed by atoms with Crippen molar-refractivity contribution in [2.45, 2.75) is 38.3 Å². The van der Waals surface area contributed by atoms with Crippen LogP contribution in [0.4, 0.5) is 4.39 Å². The molecule has 2 atom stereocenters. The molecule has 0 aromatic heterocycles. The maximum absolute atomic E-state index is 13.0. The normalized spacial score (nSPS) is 26.3. The first-order chi connectivity index (χ1) is 11.1. The first-order valence-corrected chi connectivity index (χ1v) is 8.63. The molecule has 1 amide bonds. The number of nitrogens with zero attached hydrogens (tertiary/aromatic N) is 2. The van der Waals surface area contributed by atoms with Gasteiger partial charge in [-0.15, -0.1) is 0 Å². The zero-order valence-corrected chi connectivity index (χ0v) is 13.6. The predicted octanol–water partition coefficient (Wildman–Crippen LogP) is 1.99. The number of benzene rings is 1. The minimum Gasteiger partial charge on any atom is -0.341 e. The van der Waals surface area contributed by atoms with Gasteiger partial charge in [-0.3, -0.25) is 9.69 Å². The fourth-order valence-corrected chi connectivity index (χ4v) is 3.70. The fraction of sp³-hybridized carbons (Fsp3) is 0.611. The third-order valence-corrected chi connectivity index (χ3v) is 5.04. The molecule has 1 aliphatic carbocycles. The summed E-state index contributed by atoms with van der Waals surface area (Å²) < 4.78 is 13.0. The van der Waals surface area contributed by atoms with Gasteiger partial charge in [0, 0.05) is 44.7 Å². The summed E-state index contributed by atoms with van der Waals surface area (Å²) in [5.74, 6) is 0.228. The number of carbonyl (C=O) groups excluding carboxylic acids is 1. The average molecular weight is 319 g/mol. The highest BCUT2D eigenvalue weighted by atomic mass is 19.1. The lowest BCUT2D eigenvalue weighted by atomic mass is 10.1. The molecule has 0 radical (unpaired) electrons. The van der Waals surface area contributed by atoms with Gasteiger partial charge in [-0.05, 0) is 43.4 Å². The van der Waals surface area contributed by atoms with Gasteiger partial charge in [-0.25, -0.2) is 4.39 Å². The molecule has 1 aromatic carbocycles. The molecule has 4 nitrogen and oxygen atoms in total. The quantitative estimate of drug-likeness (QED) is 0.927. The SMILES string of the molecule is NC1CCC(C(=O)N2CCCN(Cc3ccc(F)cc3)CC2)C1. The molecule has 126 valence electrons. The Labute approximate surface area is 137 Å². The molecule has 1 saturated heterocycles. The second-order valence-electron chi connectivity index (χ2n) is 6.85. The molecule has 1 aliphatic heterocycles. The van der Waals surface area contributed by atoms with Crippen molar-refractivity contribution < 1.29 is 9.18 Å². The molecule has 1 heterocycles. The fourth-order valence-electron chi connectivity index (χ4n) is 3.70. The van der Waals surface area contributed by atoms with E-state index in [1.165, 1.54) is 12.1 Å². The van der Waals surface area contributed by atoms with Crippen LogP contribution in [0, 0.1) is 11.7 Å². The molecule has 2 aliphatic rings. The molecule has 2 N–H and O–H groups in total. The van der Waals surface area contributed by atoms with E-state index in [2.05, 4.69) is 4.90 Å². The molecule has 23 heavy (non-hydrogen) atoms. The summed E-state index contributed by atoms with van der Waals surface area (Å²) in [5, 5.41) is 0. The minimum absolute atomic E-state index is 0.133. The van der Waals surface area contributed by atoms with Crippen LogP contribution in [0.25, 0.3) is 0 Å². The van der Waals surface area contributed by atoms with Crippen molar-refractivity contribution in [1.82, 2.24) is 9.80 Å². The van der Waals surface area contributed by atoms with Crippen LogP contribution in [0.15, 0.2) is 24.3 Å². The topological polar surface area (TPSA) is 49.6 Å². The molecule has 2 unspecified atom stereocenters. The summed E-state index contributed by atoms with van der Waals surface area (Å²) in [6.07, 6.45) is 3.75. The van der Waals surface area contributed by atoms with Gasteiger partial charge in [0.1, 0.15) is 5.82 Å². The average Bonchev–Trinajstić information content (AvgIpc) is 2.84. The molecule has 2 fully saturated rings. The van der Waals surface area contributed by atoms with E-state index in [-0.39, 0.29) is 17.8 Å². The Balaban J connectivity index is 1.52. The number of hydrogen-bond acceptors (Lipinski definition) is 3. The Morgan fingerprint density at radius 2 is 1.91 bits per heavy atom. The molecular formula is C18H26FN3O. The van der Waals surface area contributed by atoms with Gasteiger partial charge < -0.3 is 10.6 Å². The van der Waals surface area contributed by atoms with Crippen LogP contribution < -0.4 is 5.73 Å². The van der Waals surface area contributed by atoms with Crippen molar-refractivity contribution in [2.75, 3.05) is 26.2 Å². The minimum atomic E-state index is -0.198. The number of carbonyl (C=O) groups is 1. The second kappa shape index (κ2) is 7.41. The number of amides is 1. The van der Waals surface area contributed by atoms with Crippen LogP contribution in [-0.2, 0) is 11.3 Å². The summed E-state index contributed by atoms with van der Waals surface area (Å²) >= 11 is 0.